The quantitative estimate of drug-likeness (QED) is 0.456. The first kappa shape index (κ1) is 16.4. The van der Waals surface area contributed by atoms with Crippen LogP contribution in [0.15, 0.2) is 22.0 Å². The van der Waals surface area contributed by atoms with E-state index in [4.69, 9.17) is 9.84 Å². The third-order valence-corrected chi connectivity index (χ3v) is 3.64. The van der Waals surface area contributed by atoms with Crippen LogP contribution in [-0.2, 0) is 11.3 Å². The summed E-state index contributed by atoms with van der Waals surface area (Å²) >= 11 is 0. The molecule has 12 heteroatoms. The van der Waals surface area contributed by atoms with Gasteiger partial charge in [-0.05, 0) is 0 Å². The fourth-order valence-corrected chi connectivity index (χ4v) is 2.38. The van der Waals surface area contributed by atoms with Gasteiger partial charge in [0, 0.05) is 0 Å². The Morgan fingerprint density at radius 2 is 2.04 bits per heavy atom. The molecule has 2 aromatic heterocycles. The molecule has 3 heterocycles. The lowest BCUT2D eigenvalue weighted by Crippen LogP contribution is -2.33. The van der Waals surface area contributed by atoms with E-state index in [0.29, 0.717) is 0 Å². The van der Waals surface area contributed by atoms with Crippen molar-refractivity contribution >= 4 is 0 Å². The van der Waals surface area contributed by atoms with Gasteiger partial charge >= 0.3 is 5.69 Å². The predicted molar refractivity (Wildman–Crippen MR) is 73.4 cm³/mol. The van der Waals surface area contributed by atoms with Gasteiger partial charge in [0.25, 0.3) is 5.56 Å². The SMILES string of the molecule is O=c1[nH]c(=O)n(Cc2cn([C@@H]3O[C@@H](CO)[C@H](O)[C@H]3O)nn2)cc1F. The van der Waals surface area contributed by atoms with Crippen molar-refractivity contribution in [2.75, 3.05) is 6.61 Å². The van der Waals surface area contributed by atoms with E-state index in [1.54, 1.807) is 0 Å². The molecule has 4 atom stereocenters. The maximum absolute atomic E-state index is 13.2. The molecule has 4 N–H and O–H groups in total. The Morgan fingerprint density at radius 3 is 2.71 bits per heavy atom. The Labute approximate surface area is 132 Å². The minimum absolute atomic E-state index is 0.179. The number of aromatic amines is 1. The van der Waals surface area contributed by atoms with Gasteiger partial charge in [-0.25, -0.2) is 9.48 Å². The number of aliphatic hydroxyl groups is 3. The number of hydrogen-bond acceptors (Lipinski definition) is 8. The predicted octanol–water partition coefficient (Wildman–Crippen LogP) is -3.07. The van der Waals surface area contributed by atoms with E-state index in [-0.39, 0.29) is 12.2 Å². The molecule has 24 heavy (non-hydrogen) atoms. The van der Waals surface area contributed by atoms with Crippen LogP contribution in [-0.4, -0.2) is 64.8 Å². The summed E-state index contributed by atoms with van der Waals surface area (Å²) in [6.07, 6.45) is -2.58. The maximum Gasteiger partial charge on any atom is 0.328 e. The van der Waals surface area contributed by atoms with E-state index in [9.17, 15) is 24.2 Å². The largest absolute Gasteiger partial charge is 0.394 e. The molecular formula is C12H14FN5O6. The molecule has 0 spiro atoms. The van der Waals surface area contributed by atoms with Gasteiger partial charge in [-0.2, -0.15) is 4.39 Å². The highest BCUT2D eigenvalue weighted by atomic mass is 19.1. The average Bonchev–Trinajstić information content (AvgIpc) is 3.11. The summed E-state index contributed by atoms with van der Waals surface area (Å²) in [7, 11) is 0. The second kappa shape index (κ2) is 6.24. The van der Waals surface area contributed by atoms with Crippen LogP contribution in [0.3, 0.4) is 0 Å². The highest BCUT2D eigenvalue weighted by molar-refractivity contribution is 4.98. The topological polar surface area (TPSA) is 155 Å². The zero-order chi connectivity index (χ0) is 17.4. The summed E-state index contributed by atoms with van der Waals surface area (Å²) in [5, 5.41) is 36.2. The maximum atomic E-state index is 13.2. The second-order valence-electron chi connectivity index (χ2n) is 5.28. The molecule has 3 rings (SSSR count). The number of H-pyrrole nitrogens is 1. The summed E-state index contributed by atoms with van der Waals surface area (Å²) < 4.78 is 20.5. The summed E-state index contributed by atoms with van der Waals surface area (Å²) in [5.74, 6) is -1.12. The van der Waals surface area contributed by atoms with Crippen molar-refractivity contribution in [1.82, 2.24) is 24.5 Å². The standard InChI is InChI=1S/C12H14FN5O6/c13-6-3-17(12(23)14-10(6)22)1-5-2-18(16-15-5)11-9(21)8(20)7(4-19)24-11/h2-3,7-9,11,19-21H,1,4H2,(H,14,22,23)/t7-,8-,9+,11+/m0/s1. The average molecular weight is 343 g/mol. The molecule has 0 radical (unpaired) electrons. The van der Waals surface area contributed by atoms with Gasteiger partial charge in [0.1, 0.15) is 24.0 Å². The molecule has 0 aliphatic carbocycles. The first-order valence-electron chi connectivity index (χ1n) is 6.93. The van der Waals surface area contributed by atoms with E-state index in [1.807, 2.05) is 4.98 Å². The molecule has 1 aliphatic heterocycles. The van der Waals surface area contributed by atoms with Crippen LogP contribution in [0.1, 0.15) is 11.9 Å². The molecule has 0 amide bonds. The fraction of sp³-hybridized carbons (Fsp3) is 0.500. The monoisotopic (exact) mass is 343 g/mol. The lowest BCUT2D eigenvalue weighted by atomic mass is 10.1. The number of nitrogens with zero attached hydrogens (tertiary/aromatic N) is 4. The second-order valence-corrected chi connectivity index (χ2v) is 5.28. The normalized spacial score (nSPS) is 26.8. The molecule has 11 nitrogen and oxygen atoms in total. The van der Waals surface area contributed by atoms with E-state index in [1.165, 1.54) is 6.20 Å². The summed E-state index contributed by atoms with van der Waals surface area (Å²) in [4.78, 5) is 24.4. The molecule has 1 aliphatic rings. The van der Waals surface area contributed by atoms with E-state index >= 15 is 0 Å². The smallest absolute Gasteiger partial charge is 0.328 e. The Kier molecular flexibility index (Phi) is 4.28. The van der Waals surface area contributed by atoms with Crippen LogP contribution in [0, 0.1) is 5.82 Å². The molecule has 0 unspecified atom stereocenters. The molecule has 2 aromatic rings. The minimum Gasteiger partial charge on any atom is -0.394 e. The first-order valence-corrected chi connectivity index (χ1v) is 6.93. The van der Waals surface area contributed by atoms with Crippen LogP contribution in [0.25, 0.3) is 0 Å². The van der Waals surface area contributed by atoms with Gasteiger partial charge in [0.15, 0.2) is 6.23 Å². The van der Waals surface area contributed by atoms with Crippen molar-refractivity contribution in [1.29, 1.82) is 0 Å². The first-order chi connectivity index (χ1) is 11.4. The molecule has 0 bridgehead atoms. The minimum atomic E-state index is -1.33. The molecule has 0 aromatic carbocycles. The van der Waals surface area contributed by atoms with E-state index in [0.717, 1.165) is 15.4 Å². The number of nitrogens with one attached hydrogen (secondary N) is 1. The molecule has 130 valence electrons. The number of rotatable bonds is 4. The van der Waals surface area contributed by atoms with Crippen molar-refractivity contribution in [3.63, 3.8) is 0 Å². The highest BCUT2D eigenvalue weighted by Crippen LogP contribution is 2.28. The number of hydrogen-bond donors (Lipinski definition) is 4. The van der Waals surface area contributed by atoms with Gasteiger partial charge in [-0.15, -0.1) is 5.10 Å². The summed E-state index contributed by atoms with van der Waals surface area (Å²) in [5.41, 5.74) is -1.71. The lowest BCUT2D eigenvalue weighted by molar-refractivity contribution is -0.0594. The van der Waals surface area contributed by atoms with Crippen LogP contribution in [0.4, 0.5) is 4.39 Å². The molecule has 1 saturated heterocycles. The van der Waals surface area contributed by atoms with Gasteiger partial charge in [0.05, 0.1) is 25.5 Å². The van der Waals surface area contributed by atoms with Crippen LogP contribution in [0.2, 0.25) is 0 Å². The van der Waals surface area contributed by atoms with Gasteiger partial charge in [-0.3, -0.25) is 14.3 Å². The summed E-state index contributed by atoms with van der Waals surface area (Å²) in [6.45, 7) is -0.663. The lowest BCUT2D eigenvalue weighted by Gasteiger charge is -2.13. The Hall–Kier alpha value is -2.41. The molecule has 0 saturated carbocycles. The van der Waals surface area contributed by atoms with Crippen LogP contribution in [0.5, 0.6) is 0 Å². The Balaban J connectivity index is 1.81. The Morgan fingerprint density at radius 1 is 1.29 bits per heavy atom. The van der Waals surface area contributed by atoms with Gasteiger partial charge in [-0.1, -0.05) is 5.21 Å². The van der Waals surface area contributed by atoms with Crippen LogP contribution < -0.4 is 11.2 Å². The number of aliphatic hydroxyl groups excluding tert-OH is 3. The van der Waals surface area contributed by atoms with Gasteiger partial charge < -0.3 is 20.1 Å². The highest BCUT2D eigenvalue weighted by Gasteiger charge is 2.43. The van der Waals surface area contributed by atoms with Crippen molar-refractivity contribution in [2.24, 2.45) is 0 Å². The fourth-order valence-electron chi connectivity index (χ4n) is 2.38. The zero-order valence-electron chi connectivity index (χ0n) is 12.1. The number of aromatic nitrogens is 5. The molecular weight excluding hydrogens is 329 g/mol. The van der Waals surface area contributed by atoms with E-state index in [2.05, 4.69) is 10.3 Å². The number of halogens is 1. The van der Waals surface area contributed by atoms with Crippen molar-refractivity contribution in [2.45, 2.75) is 31.1 Å². The third kappa shape index (κ3) is 2.87. The van der Waals surface area contributed by atoms with Crippen molar-refractivity contribution in [3.05, 3.63) is 44.7 Å². The third-order valence-electron chi connectivity index (χ3n) is 3.64. The van der Waals surface area contributed by atoms with Gasteiger partial charge in [0.2, 0.25) is 5.82 Å². The Bertz CT molecular complexity index is 847. The summed E-state index contributed by atoms with van der Waals surface area (Å²) in [6, 6.07) is 0. The van der Waals surface area contributed by atoms with Crippen molar-refractivity contribution in [3.8, 4) is 0 Å². The van der Waals surface area contributed by atoms with Crippen molar-refractivity contribution < 1.29 is 24.4 Å². The van der Waals surface area contributed by atoms with Crippen LogP contribution >= 0.6 is 0 Å². The van der Waals surface area contributed by atoms with E-state index < -0.39 is 48.2 Å². The number of ether oxygens (including phenoxy) is 1. The zero-order valence-corrected chi connectivity index (χ0v) is 12.1. The molecule has 1 fully saturated rings.